The molecule has 0 radical (unpaired) electrons. The lowest BCUT2D eigenvalue weighted by Gasteiger charge is -2.25. The smallest absolute Gasteiger partial charge is 0.344 e. The second kappa shape index (κ2) is 6.29. The molecule has 130 valence electrons. The highest BCUT2D eigenvalue weighted by Crippen LogP contribution is 2.42. The van der Waals surface area contributed by atoms with Crippen LogP contribution in [-0.2, 0) is 0 Å². The van der Waals surface area contributed by atoms with E-state index in [4.69, 9.17) is 9.15 Å². The predicted molar refractivity (Wildman–Crippen MR) is 106 cm³/mol. The summed E-state index contributed by atoms with van der Waals surface area (Å²) in [7, 11) is 0. The lowest BCUT2D eigenvalue weighted by molar-refractivity contribution is 0.472. The van der Waals surface area contributed by atoms with Crippen molar-refractivity contribution in [1.82, 2.24) is 0 Å². The van der Waals surface area contributed by atoms with Crippen molar-refractivity contribution in [2.45, 2.75) is 5.92 Å². The van der Waals surface area contributed by atoms with Crippen molar-refractivity contribution >= 4 is 16.7 Å². The molecule has 0 N–H and O–H groups in total. The molecule has 1 aromatic heterocycles. The number of ether oxygens (including phenoxy) is 1. The van der Waals surface area contributed by atoms with Crippen LogP contribution in [0.5, 0.6) is 5.75 Å². The Bertz CT molecular complexity index is 1200. The molecule has 3 nitrogen and oxygen atoms in total. The van der Waals surface area contributed by atoms with Gasteiger partial charge in [0.05, 0.1) is 10.9 Å². The third-order valence-corrected chi connectivity index (χ3v) is 4.86. The van der Waals surface area contributed by atoms with Crippen LogP contribution in [0.3, 0.4) is 0 Å². The molecule has 3 heteroatoms. The van der Waals surface area contributed by atoms with Crippen LogP contribution in [0.4, 0.5) is 0 Å². The average molecular weight is 352 g/mol. The van der Waals surface area contributed by atoms with Crippen molar-refractivity contribution in [1.29, 1.82) is 0 Å². The second-order valence-corrected chi connectivity index (χ2v) is 6.52. The molecule has 0 saturated heterocycles. The molecule has 0 fully saturated rings. The first kappa shape index (κ1) is 15.6. The summed E-state index contributed by atoms with van der Waals surface area (Å²) in [4.78, 5) is 12.8. The topological polar surface area (TPSA) is 39.4 Å². The van der Waals surface area contributed by atoms with Crippen LogP contribution in [0.15, 0.2) is 100 Å². The lowest BCUT2D eigenvalue weighted by atomic mass is 9.88. The van der Waals surface area contributed by atoms with Gasteiger partial charge in [-0.25, -0.2) is 4.79 Å². The quantitative estimate of drug-likeness (QED) is 0.456. The van der Waals surface area contributed by atoms with E-state index < -0.39 is 0 Å². The average Bonchev–Trinajstić information content (AvgIpc) is 2.74. The molecule has 0 saturated carbocycles. The highest BCUT2D eigenvalue weighted by molar-refractivity contribution is 5.87. The van der Waals surface area contributed by atoms with Crippen LogP contribution < -0.4 is 10.4 Å². The van der Waals surface area contributed by atoms with E-state index in [1.807, 2.05) is 84.9 Å². The number of para-hydroxylation sites is 1. The van der Waals surface area contributed by atoms with Crippen molar-refractivity contribution in [3.05, 3.63) is 118 Å². The van der Waals surface area contributed by atoms with Crippen molar-refractivity contribution in [3.8, 4) is 5.75 Å². The van der Waals surface area contributed by atoms with Gasteiger partial charge in [-0.2, -0.15) is 0 Å². The van der Waals surface area contributed by atoms with Crippen LogP contribution in [0.25, 0.3) is 16.7 Å². The van der Waals surface area contributed by atoms with Gasteiger partial charge in [0.2, 0.25) is 0 Å². The molecule has 4 aromatic rings. The van der Waals surface area contributed by atoms with Gasteiger partial charge in [-0.3, -0.25) is 0 Å². The normalized spacial score (nSPS) is 15.7. The van der Waals surface area contributed by atoms with Gasteiger partial charge in [0.1, 0.15) is 17.1 Å². The highest BCUT2D eigenvalue weighted by Gasteiger charge is 2.30. The summed E-state index contributed by atoms with van der Waals surface area (Å²) < 4.78 is 11.9. The molecule has 2 heterocycles. The number of rotatable bonds is 2. The number of fused-ring (bicyclic) bond motifs is 3. The fourth-order valence-electron chi connectivity index (χ4n) is 3.57. The zero-order valence-electron chi connectivity index (χ0n) is 14.5. The summed E-state index contributed by atoms with van der Waals surface area (Å²) in [5.41, 5.74) is 2.71. The third kappa shape index (κ3) is 2.64. The third-order valence-electron chi connectivity index (χ3n) is 4.86. The molecule has 3 aromatic carbocycles. The van der Waals surface area contributed by atoms with Gasteiger partial charge in [0, 0.05) is 11.5 Å². The molecule has 0 bridgehead atoms. The Morgan fingerprint density at radius 1 is 0.741 bits per heavy atom. The molecule has 0 amide bonds. The summed E-state index contributed by atoms with van der Waals surface area (Å²) in [6, 6.07) is 27.4. The summed E-state index contributed by atoms with van der Waals surface area (Å²) in [5.74, 6) is 1.09. The molecule has 27 heavy (non-hydrogen) atoms. The first-order valence-corrected chi connectivity index (χ1v) is 8.87. The first-order valence-electron chi connectivity index (χ1n) is 8.87. The summed E-state index contributed by atoms with van der Waals surface area (Å²) >= 11 is 0. The van der Waals surface area contributed by atoms with E-state index in [-0.39, 0.29) is 11.5 Å². The molecule has 0 spiro atoms. The second-order valence-electron chi connectivity index (χ2n) is 6.52. The number of benzene rings is 3. The Morgan fingerprint density at radius 3 is 2.19 bits per heavy atom. The fourth-order valence-corrected chi connectivity index (χ4v) is 3.57. The maximum atomic E-state index is 12.8. The van der Waals surface area contributed by atoms with Crippen LogP contribution in [-0.4, -0.2) is 0 Å². The molecule has 5 rings (SSSR count). The number of allylic oxidation sites excluding steroid dienone is 1. The van der Waals surface area contributed by atoms with Crippen molar-refractivity contribution in [3.63, 3.8) is 0 Å². The Balaban J connectivity index is 1.81. The highest BCUT2D eigenvalue weighted by atomic mass is 16.5. The Labute approximate surface area is 156 Å². The zero-order valence-corrected chi connectivity index (χ0v) is 14.5. The minimum Gasteiger partial charge on any atom is -0.456 e. The number of hydrogen-bond donors (Lipinski definition) is 0. The van der Waals surface area contributed by atoms with Gasteiger partial charge in [0.15, 0.2) is 0 Å². The largest absolute Gasteiger partial charge is 0.456 e. The molecule has 0 unspecified atom stereocenters. The molecule has 1 atom stereocenters. The van der Waals surface area contributed by atoms with Crippen LogP contribution in [0, 0.1) is 0 Å². The first-order chi connectivity index (χ1) is 13.3. The van der Waals surface area contributed by atoms with Gasteiger partial charge in [-0.15, -0.1) is 0 Å². The van der Waals surface area contributed by atoms with Crippen LogP contribution in [0.1, 0.15) is 22.6 Å². The Kier molecular flexibility index (Phi) is 3.65. The minimum absolute atomic E-state index is 0.231. The van der Waals surface area contributed by atoms with Gasteiger partial charge >= 0.3 is 5.63 Å². The summed E-state index contributed by atoms with van der Waals surface area (Å²) in [5, 5.41) is 0.801. The van der Waals surface area contributed by atoms with Gasteiger partial charge in [0.25, 0.3) is 0 Å². The molecular weight excluding hydrogens is 336 g/mol. The molecule has 1 aliphatic rings. The summed E-state index contributed by atoms with van der Waals surface area (Å²) in [6.07, 6.45) is 2.00. The van der Waals surface area contributed by atoms with Gasteiger partial charge in [-0.05, 0) is 23.8 Å². The predicted octanol–water partition coefficient (Wildman–Crippen LogP) is 5.36. The van der Waals surface area contributed by atoms with Gasteiger partial charge in [-0.1, -0.05) is 72.8 Å². The van der Waals surface area contributed by atoms with Crippen molar-refractivity contribution in [2.75, 3.05) is 0 Å². The van der Waals surface area contributed by atoms with Crippen LogP contribution in [0.2, 0.25) is 0 Å². The monoisotopic (exact) mass is 352 g/mol. The van der Waals surface area contributed by atoms with Gasteiger partial charge < -0.3 is 9.15 Å². The van der Waals surface area contributed by atoms with Crippen LogP contribution >= 0.6 is 0 Å². The van der Waals surface area contributed by atoms with E-state index in [0.717, 1.165) is 22.3 Å². The Morgan fingerprint density at radius 2 is 1.41 bits per heavy atom. The number of hydrogen-bond acceptors (Lipinski definition) is 3. The molecular formula is C24H16O3. The zero-order chi connectivity index (χ0) is 18.2. The molecule has 1 aliphatic heterocycles. The van der Waals surface area contributed by atoms with E-state index in [1.54, 1.807) is 6.07 Å². The van der Waals surface area contributed by atoms with E-state index in [9.17, 15) is 4.79 Å². The van der Waals surface area contributed by atoms with Crippen molar-refractivity contribution < 1.29 is 9.15 Å². The maximum absolute atomic E-state index is 12.8. The van der Waals surface area contributed by atoms with E-state index in [2.05, 4.69) is 0 Å². The van der Waals surface area contributed by atoms with E-state index in [1.165, 1.54) is 0 Å². The van der Waals surface area contributed by atoms with E-state index in [0.29, 0.717) is 16.9 Å². The lowest BCUT2D eigenvalue weighted by Crippen LogP contribution is -2.19. The van der Waals surface area contributed by atoms with Crippen molar-refractivity contribution in [2.24, 2.45) is 0 Å². The Hall–Kier alpha value is -3.59. The summed E-state index contributed by atoms with van der Waals surface area (Å²) in [6.45, 7) is 0. The minimum atomic E-state index is -0.360. The van der Waals surface area contributed by atoms with E-state index >= 15 is 0 Å². The maximum Gasteiger partial charge on any atom is 0.344 e. The SMILES string of the molecule is O=c1oc2ccccc2c2c1[C@@H](c1ccccc1)C=C(c1ccccc1)O2. The fraction of sp³-hybridized carbons (Fsp3) is 0.0417. The standard InChI is InChI=1S/C24H16O3/c25-24-22-19(16-9-3-1-4-10-16)15-21(17-11-5-2-6-12-17)26-23(22)18-13-7-8-14-20(18)27-24/h1-15,19H/t19-/m1/s1. The molecule has 0 aliphatic carbocycles.